The summed E-state index contributed by atoms with van der Waals surface area (Å²) in [6.45, 7) is 3.15. The third kappa shape index (κ3) is 3.77. The largest absolute Gasteiger partial charge is 0.326 e. The van der Waals surface area contributed by atoms with E-state index in [1.54, 1.807) is 31.2 Å². The maximum absolute atomic E-state index is 12.4. The molecule has 0 spiro atoms. The molecule has 0 atom stereocenters. The second-order valence-corrected chi connectivity index (χ2v) is 5.81. The van der Waals surface area contributed by atoms with Gasteiger partial charge in [-0.3, -0.25) is 19.5 Å². The predicted molar refractivity (Wildman–Crippen MR) is 96.0 cm³/mol. The van der Waals surface area contributed by atoms with Gasteiger partial charge >= 0.3 is 0 Å². The van der Waals surface area contributed by atoms with E-state index in [1.807, 2.05) is 0 Å². The Kier molecular flexibility index (Phi) is 4.78. The zero-order valence-corrected chi connectivity index (χ0v) is 14.4. The van der Waals surface area contributed by atoms with Crippen molar-refractivity contribution in [3.05, 3.63) is 52.2 Å². The number of fused-ring (bicyclic) bond motifs is 1. The van der Waals surface area contributed by atoms with Gasteiger partial charge in [0.05, 0.1) is 5.69 Å². The van der Waals surface area contributed by atoms with E-state index in [1.165, 1.54) is 17.8 Å². The summed E-state index contributed by atoms with van der Waals surface area (Å²) < 4.78 is 1.25. The minimum atomic E-state index is -0.252. The first-order valence-electron chi connectivity index (χ1n) is 8.03. The molecule has 26 heavy (non-hydrogen) atoms. The number of aromatic amines is 1. The fraction of sp³-hybridized carbons (Fsp3) is 0.235. The quantitative estimate of drug-likeness (QED) is 0.637. The van der Waals surface area contributed by atoms with Crippen LogP contribution in [0.4, 0.5) is 11.4 Å². The molecule has 0 saturated carbocycles. The molecule has 0 aliphatic rings. The highest BCUT2D eigenvalue weighted by Gasteiger charge is 2.13. The SMILES string of the molecule is CC(=O)Nc1ccc(NC(=O)CCc2c(C)nc3nc[nH]n3c2=O)cc1. The van der Waals surface area contributed by atoms with Gasteiger partial charge in [0, 0.05) is 30.3 Å². The number of nitrogens with one attached hydrogen (secondary N) is 3. The lowest BCUT2D eigenvalue weighted by Crippen LogP contribution is -2.23. The first-order chi connectivity index (χ1) is 12.4. The molecule has 9 heteroatoms. The number of aromatic nitrogens is 4. The standard InChI is InChI=1S/C17H18N6O3/c1-10-14(16(26)23-17(20-10)18-9-19-23)7-8-15(25)22-13-5-3-12(4-6-13)21-11(2)24/h3-6,9H,7-8H2,1-2H3,(H,21,24)(H,22,25)(H,18,19,20). The molecular formula is C17H18N6O3. The summed E-state index contributed by atoms with van der Waals surface area (Å²) in [5.41, 5.74) is 2.05. The molecular weight excluding hydrogens is 336 g/mol. The van der Waals surface area contributed by atoms with Crippen molar-refractivity contribution in [1.82, 2.24) is 19.6 Å². The van der Waals surface area contributed by atoms with Crippen LogP contribution in [0.25, 0.3) is 5.78 Å². The Morgan fingerprint density at radius 3 is 2.46 bits per heavy atom. The highest BCUT2D eigenvalue weighted by atomic mass is 16.2. The molecule has 0 saturated heterocycles. The summed E-state index contributed by atoms with van der Waals surface area (Å²) in [5, 5.41) is 8.12. The van der Waals surface area contributed by atoms with E-state index >= 15 is 0 Å². The van der Waals surface area contributed by atoms with Gasteiger partial charge in [0.25, 0.3) is 11.3 Å². The maximum atomic E-state index is 12.4. The first-order valence-corrected chi connectivity index (χ1v) is 8.03. The van der Waals surface area contributed by atoms with Gasteiger partial charge in [0.2, 0.25) is 11.8 Å². The highest BCUT2D eigenvalue weighted by molar-refractivity contribution is 5.92. The van der Waals surface area contributed by atoms with Crippen LogP contribution in [0, 0.1) is 6.92 Å². The third-order valence-corrected chi connectivity index (χ3v) is 3.82. The Bertz CT molecular complexity index is 1020. The Morgan fingerprint density at radius 2 is 1.81 bits per heavy atom. The van der Waals surface area contributed by atoms with Crippen molar-refractivity contribution in [2.45, 2.75) is 26.7 Å². The number of amides is 2. The van der Waals surface area contributed by atoms with Gasteiger partial charge in [0.1, 0.15) is 6.33 Å². The molecule has 2 amide bonds. The second-order valence-electron chi connectivity index (χ2n) is 5.81. The summed E-state index contributed by atoms with van der Waals surface area (Å²) in [4.78, 5) is 43.7. The number of nitrogens with zero attached hydrogens (tertiary/aromatic N) is 3. The van der Waals surface area contributed by atoms with Crippen LogP contribution in [0.1, 0.15) is 24.6 Å². The molecule has 3 aromatic rings. The minimum Gasteiger partial charge on any atom is -0.326 e. The number of carbonyl (C=O) groups is 2. The average molecular weight is 354 g/mol. The number of hydrogen-bond donors (Lipinski definition) is 3. The molecule has 0 aliphatic heterocycles. The van der Waals surface area contributed by atoms with Crippen LogP contribution >= 0.6 is 0 Å². The van der Waals surface area contributed by atoms with Crippen LogP contribution in [-0.4, -0.2) is 31.4 Å². The number of anilines is 2. The lowest BCUT2D eigenvalue weighted by molar-refractivity contribution is -0.116. The number of H-pyrrole nitrogens is 1. The van der Waals surface area contributed by atoms with E-state index < -0.39 is 0 Å². The summed E-state index contributed by atoms with van der Waals surface area (Å²) in [6, 6.07) is 6.79. The van der Waals surface area contributed by atoms with E-state index in [-0.39, 0.29) is 30.2 Å². The van der Waals surface area contributed by atoms with Crippen molar-refractivity contribution in [3.8, 4) is 0 Å². The van der Waals surface area contributed by atoms with E-state index in [2.05, 4.69) is 25.7 Å². The van der Waals surface area contributed by atoms with Gasteiger partial charge in [-0.05, 0) is 37.6 Å². The molecule has 0 unspecified atom stereocenters. The number of rotatable bonds is 5. The second kappa shape index (κ2) is 7.18. The lowest BCUT2D eigenvalue weighted by Gasteiger charge is -2.08. The Hall–Kier alpha value is -3.49. The predicted octanol–water partition coefficient (Wildman–Crippen LogP) is 1.26. The van der Waals surface area contributed by atoms with E-state index in [0.29, 0.717) is 28.4 Å². The molecule has 0 bridgehead atoms. The topological polar surface area (TPSA) is 121 Å². The Morgan fingerprint density at radius 1 is 1.15 bits per heavy atom. The monoisotopic (exact) mass is 354 g/mol. The normalized spacial score (nSPS) is 10.7. The van der Waals surface area contributed by atoms with Gasteiger partial charge < -0.3 is 10.6 Å². The summed E-state index contributed by atoms with van der Waals surface area (Å²) in [6.07, 6.45) is 1.81. The zero-order chi connectivity index (χ0) is 18.7. The van der Waals surface area contributed by atoms with Crippen LogP contribution in [0.15, 0.2) is 35.4 Å². The van der Waals surface area contributed by atoms with Gasteiger partial charge in [-0.15, -0.1) is 0 Å². The van der Waals surface area contributed by atoms with Gasteiger partial charge in [0.15, 0.2) is 0 Å². The molecule has 0 aliphatic carbocycles. The summed E-state index contributed by atoms with van der Waals surface area (Å²) >= 11 is 0. The number of aryl methyl sites for hydroxylation is 1. The highest BCUT2D eigenvalue weighted by Crippen LogP contribution is 2.14. The van der Waals surface area contributed by atoms with Crippen molar-refractivity contribution in [2.75, 3.05) is 10.6 Å². The van der Waals surface area contributed by atoms with Crippen molar-refractivity contribution in [1.29, 1.82) is 0 Å². The third-order valence-electron chi connectivity index (χ3n) is 3.82. The summed E-state index contributed by atoms with van der Waals surface area (Å²) in [7, 11) is 0. The smallest absolute Gasteiger partial charge is 0.277 e. The first kappa shape index (κ1) is 17.3. The molecule has 134 valence electrons. The van der Waals surface area contributed by atoms with E-state index in [9.17, 15) is 14.4 Å². The zero-order valence-electron chi connectivity index (χ0n) is 14.4. The van der Waals surface area contributed by atoms with Crippen molar-refractivity contribution < 1.29 is 9.59 Å². The minimum absolute atomic E-state index is 0.144. The van der Waals surface area contributed by atoms with Gasteiger partial charge in [-0.25, -0.2) is 9.97 Å². The number of carbonyl (C=O) groups excluding carboxylic acids is 2. The van der Waals surface area contributed by atoms with Crippen molar-refractivity contribution in [3.63, 3.8) is 0 Å². The Balaban J connectivity index is 1.64. The van der Waals surface area contributed by atoms with Crippen LogP contribution in [0.3, 0.4) is 0 Å². The average Bonchev–Trinajstić information content (AvgIpc) is 3.04. The van der Waals surface area contributed by atoms with Gasteiger partial charge in [-0.1, -0.05) is 0 Å². The summed E-state index contributed by atoms with van der Waals surface area (Å²) in [5.74, 6) is -0.0722. The van der Waals surface area contributed by atoms with Gasteiger partial charge in [-0.2, -0.15) is 4.52 Å². The molecule has 0 radical (unpaired) electrons. The molecule has 3 rings (SSSR count). The molecule has 1 aromatic carbocycles. The maximum Gasteiger partial charge on any atom is 0.277 e. The fourth-order valence-corrected chi connectivity index (χ4v) is 2.59. The van der Waals surface area contributed by atoms with Crippen LogP contribution in [0.2, 0.25) is 0 Å². The van der Waals surface area contributed by atoms with E-state index in [0.717, 1.165) is 0 Å². The Labute approximate surface area is 148 Å². The lowest BCUT2D eigenvalue weighted by atomic mass is 10.1. The number of hydrogen-bond acceptors (Lipinski definition) is 5. The number of benzene rings is 1. The van der Waals surface area contributed by atoms with Crippen LogP contribution in [0.5, 0.6) is 0 Å². The molecule has 9 nitrogen and oxygen atoms in total. The van der Waals surface area contributed by atoms with Crippen molar-refractivity contribution in [2.24, 2.45) is 0 Å². The molecule has 2 heterocycles. The van der Waals surface area contributed by atoms with E-state index in [4.69, 9.17) is 0 Å². The van der Waals surface area contributed by atoms with Crippen LogP contribution < -0.4 is 16.2 Å². The molecule has 2 aromatic heterocycles. The molecule has 0 fully saturated rings. The van der Waals surface area contributed by atoms with Crippen molar-refractivity contribution >= 4 is 29.0 Å². The van der Waals surface area contributed by atoms with Crippen LogP contribution in [-0.2, 0) is 16.0 Å². The molecule has 3 N–H and O–H groups in total. The fourth-order valence-electron chi connectivity index (χ4n) is 2.59.